The zero-order valence-electron chi connectivity index (χ0n) is 11.6. The van der Waals surface area contributed by atoms with Crippen molar-refractivity contribution in [2.24, 2.45) is 23.5 Å². The second-order valence-electron chi connectivity index (χ2n) is 6.10. The Labute approximate surface area is 102 Å². The van der Waals surface area contributed by atoms with E-state index < -0.39 is 0 Å². The minimum atomic E-state index is 0.707. The molecule has 96 valence electrons. The fourth-order valence-electron chi connectivity index (χ4n) is 3.08. The molecule has 0 aromatic carbocycles. The predicted octanol–water partition coefficient (Wildman–Crippen LogP) is 2.73. The normalized spacial score (nSPS) is 27.9. The van der Waals surface area contributed by atoms with Gasteiger partial charge in [0.25, 0.3) is 0 Å². The van der Waals surface area contributed by atoms with Crippen LogP contribution >= 0.6 is 0 Å². The number of nitrogens with two attached hydrogens (primary N) is 1. The van der Waals surface area contributed by atoms with Crippen LogP contribution in [0.4, 0.5) is 0 Å². The van der Waals surface area contributed by atoms with Crippen molar-refractivity contribution in [1.29, 1.82) is 0 Å². The highest BCUT2D eigenvalue weighted by molar-refractivity contribution is 4.81. The van der Waals surface area contributed by atoms with Crippen molar-refractivity contribution in [2.45, 2.75) is 52.5 Å². The Bertz CT molecular complexity index is 191. The van der Waals surface area contributed by atoms with E-state index in [-0.39, 0.29) is 0 Å². The van der Waals surface area contributed by atoms with Crippen LogP contribution in [0.2, 0.25) is 0 Å². The Hall–Kier alpha value is -0.0800. The van der Waals surface area contributed by atoms with Gasteiger partial charge in [-0.3, -0.25) is 0 Å². The molecule has 0 bridgehead atoms. The van der Waals surface area contributed by atoms with E-state index in [1.54, 1.807) is 0 Å². The van der Waals surface area contributed by atoms with Crippen molar-refractivity contribution >= 4 is 0 Å². The molecular weight excluding hydrogens is 196 g/mol. The maximum absolute atomic E-state index is 5.84. The summed E-state index contributed by atoms with van der Waals surface area (Å²) in [5.74, 6) is 2.43. The van der Waals surface area contributed by atoms with Gasteiger partial charge in [-0.2, -0.15) is 0 Å². The van der Waals surface area contributed by atoms with Crippen molar-refractivity contribution < 1.29 is 0 Å². The molecule has 1 fully saturated rings. The molecule has 16 heavy (non-hydrogen) atoms. The standard InChI is InChI=1S/C14H30N2/c1-11(2)8-12(3)16(4)10-14-7-5-6-13(14)9-15/h11-14H,5-10,15H2,1-4H3. The van der Waals surface area contributed by atoms with Gasteiger partial charge in [-0.1, -0.05) is 20.3 Å². The lowest BCUT2D eigenvalue weighted by atomic mass is 9.94. The lowest BCUT2D eigenvalue weighted by Gasteiger charge is -2.30. The van der Waals surface area contributed by atoms with Crippen molar-refractivity contribution in [3.8, 4) is 0 Å². The molecule has 2 nitrogen and oxygen atoms in total. The summed E-state index contributed by atoms with van der Waals surface area (Å²) in [7, 11) is 2.28. The van der Waals surface area contributed by atoms with Gasteiger partial charge < -0.3 is 10.6 Å². The quantitative estimate of drug-likeness (QED) is 0.754. The monoisotopic (exact) mass is 226 g/mol. The first-order valence-electron chi connectivity index (χ1n) is 6.94. The molecule has 1 aliphatic rings. The molecule has 2 heteroatoms. The van der Waals surface area contributed by atoms with Crippen molar-refractivity contribution in [3.05, 3.63) is 0 Å². The van der Waals surface area contributed by atoms with Gasteiger partial charge in [0, 0.05) is 12.6 Å². The Kier molecular flexibility index (Phi) is 5.77. The molecule has 1 rings (SSSR count). The van der Waals surface area contributed by atoms with Gasteiger partial charge in [0.2, 0.25) is 0 Å². The average molecular weight is 226 g/mol. The number of rotatable bonds is 6. The molecule has 0 aliphatic heterocycles. The van der Waals surface area contributed by atoms with Gasteiger partial charge in [-0.25, -0.2) is 0 Å². The molecule has 3 unspecified atom stereocenters. The number of hydrogen-bond donors (Lipinski definition) is 1. The zero-order chi connectivity index (χ0) is 12.1. The minimum Gasteiger partial charge on any atom is -0.330 e. The van der Waals surface area contributed by atoms with E-state index in [2.05, 4.69) is 32.7 Å². The van der Waals surface area contributed by atoms with Gasteiger partial charge in [0.15, 0.2) is 0 Å². The molecule has 3 atom stereocenters. The number of nitrogens with zero attached hydrogens (tertiary/aromatic N) is 1. The molecule has 1 aliphatic carbocycles. The van der Waals surface area contributed by atoms with E-state index in [1.807, 2.05) is 0 Å². The third kappa shape index (κ3) is 4.06. The Balaban J connectivity index is 2.35. The molecular formula is C14H30N2. The van der Waals surface area contributed by atoms with E-state index >= 15 is 0 Å². The second-order valence-corrected chi connectivity index (χ2v) is 6.10. The highest BCUT2D eigenvalue weighted by Gasteiger charge is 2.27. The largest absolute Gasteiger partial charge is 0.330 e. The Morgan fingerprint density at radius 1 is 1.19 bits per heavy atom. The fourth-order valence-corrected chi connectivity index (χ4v) is 3.08. The molecule has 0 heterocycles. The van der Waals surface area contributed by atoms with Gasteiger partial charge in [0.05, 0.1) is 0 Å². The van der Waals surface area contributed by atoms with E-state index in [0.29, 0.717) is 6.04 Å². The van der Waals surface area contributed by atoms with Crippen LogP contribution in [-0.2, 0) is 0 Å². The predicted molar refractivity (Wildman–Crippen MR) is 71.4 cm³/mol. The van der Waals surface area contributed by atoms with Gasteiger partial charge in [-0.15, -0.1) is 0 Å². The second kappa shape index (κ2) is 6.61. The van der Waals surface area contributed by atoms with E-state index in [0.717, 1.165) is 24.3 Å². The van der Waals surface area contributed by atoms with Crippen LogP contribution in [0.15, 0.2) is 0 Å². The summed E-state index contributed by atoms with van der Waals surface area (Å²) in [5, 5.41) is 0. The molecule has 1 saturated carbocycles. The molecule has 0 spiro atoms. The Morgan fingerprint density at radius 3 is 2.38 bits per heavy atom. The highest BCUT2D eigenvalue weighted by atomic mass is 15.1. The molecule has 0 saturated heterocycles. The first-order valence-corrected chi connectivity index (χ1v) is 6.94. The summed E-state index contributed by atoms with van der Waals surface area (Å²) >= 11 is 0. The van der Waals surface area contributed by atoms with Gasteiger partial charge in [0.1, 0.15) is 0 Å². The third-order valence-electron chi connectivity index (χ3n) is 4.21. The summed E-state index contributed by atoms with van der Waals surface area (Å²) in [6.07, 6.45) is 5.43. The minimum absolute atomic E-state index is 0.707. The van der Waals surface area contributed by atoms with Crippen LogP contribution in [0.25, 0.3) is 0 Å². The van der Waals surface area contributed by atoms with E-state index in [4.69, 9.17) is 5.73 Å². The van der Waals surface area contributed by atoms with Crippen LogP contribution in [0, 0.1) is 17.8 Å². The molecule has 0 aromatic heterocycles. The number of hydrogen-bond acceptors (Lipinski definition) is 2. The maximum atomic E-state index is 5.84. The summed E-state index contributed by atoms with van der Waals surface area (Å²) in [5.41, 5.74) is 5.84. The van der Waals surface area contributed by atoms with Gasteiger partial charge in [-0.05, 0) is 57.5 Å². The first-order chi connectivity index (χ1) is 7.54. The van der Waals surface area contributed by atoms with Crippen LogP contribution in [0.5, 0.6) is 0 Å². The lowest BCUT2D eigenvalue weighted by molar-refractivity contribution is 0.179. The van der Waals surface area contributed by atoms with Crippen molar-refractivity contribution in [2.75, 3.05) is 20.1 Å². The SMILES string of the molecule is CC(C)CC(C)N(C)CC1CCCC1CN. The molecule has 0 aromatic rings. The topological polar surface area (TPSA) is 29.3 Å². The Morgan fingerprint density at radius 2 is 1.81 bits per heavy atom. The van der Waals surface area contributed by atoms with E-state index in [9.17, 15) is 0 Å². The third-order valence-corrected chi connectivity index (χ3v) is 4.21. The summed E-state index contributed by atoms with van der Waals surface area (Å²) in [6.45, 7) is 9.10. The smallest absolute Gasteiger partial charge is 0.00664 e. The van der Waals surface area contributed by atoms with Crippen LogP contribution in [0.3, 0.4) is 0 Å². The summed E-state index contributed by atoms with van der Waals surface area (Å²) in [4.78, 5) is 2.54. The summed E-state index contributed by atoms with van der Waals surface area (Å²) < 4.78 is 0. The maximum Gasteiger partial charge on any atom is 0.00664 e. The van der Waals surface area contributed by atoms with E-state index in [1.165, 1.54) is 32.2 Å². The van der Waals surface area contributed by atoms with Crippen LogP contribution in [0.1, 0.15) is 46.5 Å². The van der Waals surface area contributed by atoms with Crippen LogP contribution < -0.4 is 5.73 Å². The molecule has 2 N–H and O–H groups in total. The van der Waals surface area contributed by atoms with Crippen molar-refractivity contribution in [1.82, 2.24) is 4.90 Å². The zero-order valence-corrected chi connectivity index (χ0v) is 11.6. The summed E-state index contributed by atoms with van der Waals surface area (Å²) in [6, 6.07) is 0.707. The highest BCUT2D eigenvalue weighted by Crippen LogP contribution is 2.31. The first kappa shape index (κ1) is 14.0. The average Bonchev–Trinajstić information content (AvgIpc) is 2.64. The van der Waals surface area contributed by atoms with Gasteiger partial charge >= 0.3 is 0 Å². The van der Waals surface area contributed by atoms with Crippen LogP contribution in [-0.4, -0.2) is 31.1 Å². The fraction of sp³-hybridized carbons (Fsp3) is 1.00. The molecule has 0 radical (unpaired) electrons. The van der Waals surface area contributed by atoms with Crippen molar-refractivity contribution in [3.63, 3.8) is 0 Å². The lowest BCUT2D eigenvalue weighted by Crippen LogP contribution is -2.36. The molecule has 0 amide bonds.